The number of aliphatic carboxylic acids is 1. The number of benzene rings is 2. The molecule has 0 radical (unpaired) electrons. The van der Waals surface area contributed by atoms with Crippen LogP contribution in [0, 0.1) is 5.92 Å². The first kappa shape index (κ1) is 25.0. The van der Waals surface area contributed by atoms with Crippen LogP contribution in [0.3, 0.4) is 0 Å². The number of carboxylic acid groups (broad SMARTS) is 1. The first-order chi connectivity index (χ1) is 14.8. The van der Waals surface area contributed by atoms with E-state index in [9.17, 15) is 24.6 Å². The Hall–Kier alpha value is -2.24. The number of halogens is 1. The van der Waals surface area contributed by atoms with Gasteiger partial charge in [-0.1, -0.05) is 62.7 Å². The summed E-state index contributed by atoms with van der Waals surface area (Å²) in [6, 6.07) is 10.6. The lowest BCUT2D eigenvalue weighted by Gasteiger charge is -2.25. The number of aliphatic hydroxyl groups excluding tert-OH is 1. The van der Waals surface area contributed by atoms with Gasteiger partial charge in [-0.2, -0.15) is 0 Å². The summed E-state index contributed by atoms with van der Waals surface area (Å²) < 4.78 is 2.65. The van der Waals surface area contributed by atoms with Crippen molar-refractivity contribution in [3.05, 3.63) is 48.0 Å². The van der Waals surface area contributed by atoms with Gasteiger partial charge >= 0.3 is 5.97 Å². The van der Waals surface area contributed by atoms with Crippen LogP contribution in [0.1, 0.15) is 25.8 Å². The normalized spacial score (nSPS) is 15.0. The second-order valence-corrected chi connectivity index (χ2v) is 8.12. The van der Waals surface area contributed by atoms with Crippen LogP contribution in [0.5, 0.6) is 0 Å². The van der Waals surface area contributed by atoms with Crippen LogP contribution in [0.15, 0.2) is 42.5 Å². The largest absolute Gasteiger partial charge is 0.480 e. The van der Waals surface area contributed by atoms with E-state index in [0.29, 0.717) is 6.42 Å². The Morgan fingerprint density at radius 2 is 1.65 bits per heavy atom. The van der Waals surface area contributed by atoms with E-state index in [-0.39, 0.29) is 12.3 Å². The average molecular weight is 541 g/mol. The highest BCUT2D eigenvalue weighted by Gasteiger charge is 2.31. The van der Waals surface area contributed by atoms with Gasteiger partial charge in [-0.05, 0) is 22.3 Å². The van der Waals surface area contributed by atoms with Gasteiger partial charge in [0.2, 0.25) is 11.8 Å². The fraction of sp³-hybridized carbons (Fsp3) is 0.409. The molecule has 0 fully saturated rings. The van der Waals surface area contributed by atoms with Gasteiger partial charge in [0.25, 0.3) is 0 Å². The minimum Gasteiger partial charge on any atom is -0.480 e. The van der Waals surface area contributed by atoms with Gasteiger partial charge in [0.05, 0.1) is 6.61 Å². The molecule has 9 heteroatoms. The highest BCUT2D eigenvalue weighted by molar-refractivity contribution is 14.1. The van der Waals surface area contributed by atoms with E-state index in [1.165, 1.54) is 0 Å². The summed E-state index contributed by atoms with van der Waals surface area (Å²) in [5, 5.41) is 26.1. The molecule has 0 bridgehead atoms. The zero-order valence-electron chi connectivity index (χ0n) is 17.5. The molecule has 0 aliphatic carbocycles. The van der Waals surface area contributed by atoms with Crippen LogP contribution in [0.2, 0.25) is 0 Å². The molecular weight excluding hydrogens is 513 g/mol. The molecule has 2 amide bonds. The van der Waals surface area contributed by atoms with Crippen molar-refractivity contribution in [3.8, 4) is 0 Å². The number of fused-ring (bicyclic) bond motifs is 1. The van der Waals surface area contributed by atoms with E-state index in [2.05, 4.69) is 14.2 Å². The molecule has 31 heavy (non-hydrogen) atoms. The van der Waals surface area contributed by atoms with Gasteiger partial charge in [0.1, 0.15) is 18.1 Å². The third-order valence-electron chi connectivity index (χ3n) is 5.29. The minimum absolute atomic E-state index is 0.175. The third kappa shape index (κ3) is 6.88. The second-order valence-electron chi connectivity index (χ2n) is 7.50. The zero-order chi connectivity index (χ0) is 23.0. The molecule has 1 unspecified atom stereocenters. The zero-order valence-corrected chi connectivity index (χ0v) is 19.6. The summed E-state index contributed by atoms with van der Waals surface area (Å²) >= 11 is 1.76. The number of hydrogen-bond donors (Lipinski definition) is 5. The van der Waals surface area contributed by atoms with E-state index >= 15 is 0 Å². The lowest BCUT2D eigenvalue weighted by molar-refractivity contribution is -0.143. The topological polar surface area (TPSA) is 128 Å². The van der Waals surface area contributed by atoms with Crippen molar-refractivity contribution >= 4 is 51.4 Å². The molecule has 0 spiro atoms. The van der Waals surface area contributed by atoms with E-state index < -0.39 is 42.5 Å². The molecule has 8 nitrogen and oxygen atoms in total. The van der Waals surface area contributed by atoms with Gasteiger partial charge in [0.15, 0.2) is 0 Å². The Balaban J connectivity index is 2.28. The van der Waals surface area contributed by atoms with Crippen LogP contribution in [-0.2, 0) is 20.8 Å². The molecule has 4 atom stereocenters. The Morgan fingerprint density at radius 1 is 1.00 bits per heavy atom. The molecule has 2 rings (SSSR count). The number of carboxylic acids is 1. The Bertz CT molecular complexity index is 919. The summed E-state index contributed by atoms with van der Waals surface area (Å²) in [7, 11) is 0. The molecule has 0 aliphatic rings. The lowest BCUT2D eigenvalue weighted by atomic mass is 9.97. The van der Waals surface area contributed by atoms with Gasteiger partial charge in [-0.25, -0.2) is 8.32 Å². The summed E-state index contributed by atoms with van der Waals surface area (Å²) in [6.07, 6.45) is 0.749. The molecular formula is C22H28IN3O5. The molecule has 0 saturated heterocycles. The molecule has 0 aromatic heterocycles. The van der Waals surface area contributed by atoms with Gasteiger partial charge < -0.3 is 20.8 Å². The number of carbonyl (C=O) groups is 3. The molecule has 0 saturated carbocycles. The maximum absolute atomic E-state index is 13.0. The van der Waals surface area contributed by atoms with E-state index in [4.69, 9.17) is 0 Å². The van der Waals surface area contributed by atoms with Crippen LogP contribution in [0.4, 0.5) is 0 Å². The van der Waals surface area contributed by atoms with Crippen LogP contribution in [0.25, 0.3) is 10.8 Å². The smallest absolute Gasteiger partial charge is 0.326 e. The SMILES string of the molecule is CC[C@H](C)[C@H](NC(=O)C(Cc1ccc2ccccc2c1)NC(=O)[C@H](CO)NI)C(=O)O. The molecule has 0 aliphatic heterocycles. The van der Waals surface area contributed by atoms with Crippen molar-refractivity contribution in [2.24, 2.45) is 5.92 Å². The summed E-state index contributed by atoms with van der Waals surface area (Å²) in [5.41, 5.74) is 0.817. The molecule has 2 aromatic rings. The van der Waals surface area contributed by atoms with Gasteiger partial charge in [0, 0.05) is 29.3 Å². The molecule has 0 heterocycles. The van der Waals surface area contributed by atoms with Gasteiger partial charge in [-0.3, -0.25) is 9.59 Å². The van der Waals surface area contributed by atoms with E-state index in [1.54, 1.807) is 29.8 Å². The number of aliphatic hydroxyl groups is 1. The third-order valence-corrected chi connectivity index (χ3v) is 6.05. The monoisotopic (exact) mass is 541 g/mol. The first-order valence-corrected chi connectivity index (χ1v) is 11.2. The highest BCUT2D eigenvalue weighted by atomic mass is 127. The number of nitrogens with one attached hydrogen (secondary N) is 3. The van der Waals surface area contributed by atoms with Gasteiger partial charge in [-0.15, -0.1) is 0 Å². The lowest BCUT2D eigenvalue weighted by Crippen LogP contribution is -2.56. The van der Waals surface area contributed by atoms with Crippen molar-refractivity contribution < 1.29 is 24.6 Å². The van der Waals surface area contributed by atoms with Crippen molar-refractivity contribution in [2.75, 3.05) is 6.61 Å². The number of amides is 2. The van der Waals surface area contributed by atoms with E-state index in [0.717, 1.165) is 16.3 Å². The van der Waals surface area contributed by atoms with Crippen molar-refractivity contribution in [2.45, 2.75) is 44.8 Å². The first-order valence-electron chi connectivity index (χ1n) is 10.1. The maximum Gasteiger partial charge on any atom is 0.326 e. The van der Waals surface area contributed by atoms with Crippen LogP contribution < -0.4 is 14.2 Å². The Kier molecular flexibility index (Phi) is 9.66. The summed E-state index contributed by atoms with van der Waals surface area (Å²) in [6.45, 7) is 3.15. The van der Waals surface area contributed by atoms with Crippen molar-refractivity contribution in [1.82, 2.24) is 14.2 Å². The highest BCUT2D eigenvalue weighted by Crippen LogP contribution is 2.17. The summed E-state index contributed by atoms with van der Waals surface area (Å²) in [4.78, 5) is 37.1. The van der Waals surface area contributed by atoms with Crippen molar-refractivity contribution in [3.63, 3.8) is 0 Å². The number of carbonyl (C=O) groups excluding carboxylic acids is 2. The van der Waals surface area contributed by atoms with Crippen molar-refractivity contribution in [1.29, 1.82) is 0 Å². The average Bonchev–Trinajstić information content (AvgIpc) is 2.76. The predicted octanol–water partition coefficient (Wildman–Crippen LogP) is 1.78. The molecule has 168 valence electrons. The van der Waals surface area contributed by atoms with Crippen LogP contribution >= 0.6 is 22.9 Å². The summed E-state index contributed by atoms with van der Waals surface area (Å²) in [5.74, 6) is -2.53. The quantitative estimate of drug-likeness (QED) is 0.218. The Labute approximate surface area is 195 Å². The van der Waals surface area contributed by atoms with E-state index in [1.807, 2.05) is 49.4 Å². The second kappa shape index (κ2) is 12.0. The predicted molar refractivity (Wildman–Crippen MR) is 127 cm³/mol. The van der Waals surface area contributed by atoms with Crippen LogP contribution in [-0.4, -0.2) is 52.7 Å². The fourth-order valence-corrected chi connectivity index (χ4v) is 3.67. The minimum atomic E-state index is -1.12. The fourth-order valence-electron chi connectivity index (χ4n) is 3.19. The standard InChI is InChI=1S/C22H28IN3O5/c1-3-13(2)19(22(30)31)25-20(28)17(24-21(29)18(12-27)26-23)11-14-8-9-15-6-4-5-7-16(15)10-14/h4-10,13,17-19,26-27H,3,11-12H2,1-2H3,(H,24,29)(H,25,28)(H,30,31)/t13-,17?,18-,19-/m0/s1. The number of rotatable bonds is 11. The maximum atomic E-state index is 13.0. The Morgan fingerprint density at radius 3 is 2.23 bits per heavy atom. The number of hydrogen-bond acceptors (Lipinski definition) is 5. The molecule has 2 aromatic carbocycles. The molecule has 5 N–H and O–H groups in total.